The molecule has 0 saturated heterocycles. The van der Waals surface area contributed by atoms with Crippen LogP contribution in [0.2, 0.25) is 0 Å². The van der Waals surface area contributed by atoms with Crippen LogP contribution in [-0.4, -0.2) is 26.2 Å². The summed E-state index contributed by atoms with van der Waals surface area (Å²) < 4.78 is 50.7. The molecule has 0 spiro atoms. The average molecular weight is 433 g/mol. The highest BCUT2D eigenvalue weighted by Gasteiger charge is 2.15. The number of carbonyl (C=O) groups is 1. The Labute approximate surface area is 177 Å². The molecule has 1 heterocycles. The molecule has 0 saturated carbocycles. The van der Waals surface area contributed by atoms with Gasteiger partial charge in [-0.2, -0.15) is 8.78 Å². The molecule has 1 aromatic heterocycles. The second-order valence-electron chi connectivity index (χ2n) is 6.16. The minimum absolute atomic E-state index is 0.0574. The van der Waals surface area contributed by atoms with Gasteiger partial charge in [-0.05, 0) is 55.5 Å². The molecule has 0 bridgehead atoms. The normalized spacial score (nSPS) is 10.6. The summed E-state index contributed by atoms with van der Waals surface area (Å²) in [5, 5.41) is 2.61. The fourth-order valence-electron chi connectivity index (χ4n) is 2.66. The van der Waals surface area contributed by atoms with Gasteiger partial charge in [0.05, 0.1) is 13.7 Å². The predicted octanol–water partition coefficient (Wildman–Crippen LogP) is 5.12. The zero-order valence-corrected chi connectivity index (χ0v) is 16.9. The standard InChI is InChI=1S/C22H21F2NO6/c1-3-28-15-5-7-16(8-6-15)29-13-17-9-11-19(30-17)21(26)25-14-4-10-18(31-22(23)24)20(12-14)27-2/h4-12,22H,3,13H2,1-2H3,(H,25,26). The lowest BCUT2D eigenvalue weighted by Crippen LogP contribution is -2.11. The Hall–Kier alpha value is -3.75. The van der Waals surface area contributed by atoms with Gasteiger partial charge in [0.1, 0.15) is 23.9 Å². The van der Waals surface area contributed by atoms with Crippen molar-refractivity contribution in [1.82, 2.24) is 0 Å². The number of hydrogen-bond acceptors (Lipinski definition) is 6. The smallest absolute Gasteiger partial charge is 0.387 e. The summed E-state index contributed by atoms with van der Waals surface area (Å²) in [5.74, 6) is 1.30. The quantitative estimate of drug-likeness (QED) is 0.478. The van der Waals surface area contributed by atoms with E-state index in [2.05, 4.69) is 10.1 Å². The summed E-state index contributed by atoms with van der Waals surface area (Å²) in [6, 6.07) is 14.3. The first kappa shape index (κ1) is 21.9. The molecule has 0 aliphatic heterocycles. The highest BCUT2D eigenvalue weighted by Crippen LogP contribution is 2.31. The Morgan fingerprint density at radius 1 is 1.00 bits per heavy atom. The maximum absolute atomic E-state index is 12.4. The summed E-state index contributed by atoms with van der Waals surface area (Å²) in [7, 11) is 1.31. The van der Waals surface area contributed by atoms with E-state index in [0.29, 0.717) is 23.8 Å². The fourth-order valence-corrected chi connectivity index (χ4v) is 2.66. The summed E-state index contributed by atoms with van der Waals surface area (Å²) in [6.45, 7) is -0.365. The van der Waals surface area contributed by atoms with Gasteiger partial charge in [0.25, 0.3) is 5.91 Å². The molecule has 0 fully saturated rings. The first-order valence-electron chi connectivity index (χ1n) is 9.37. The van der Waals surface area contributed by atoms with E-state index >= 15 is 0 Å². The topological polar surface area (TPSA) is 79.2 Å². The number of methoxy groups -OCH3 is 1. The van der Waals surface area contributed by atoms with Crippen LogP contribution in [0.25, 0.3) is 0 Å². The number of hydrogen-bond donors (Lipinski definition) is 1. The number of nitrogens with one attached hydrogen (secondary N) is 1. The Bertz CT molecular complexity index is 1000. The van der Waals surface area contributed by atoms with Gasteiger partial charge in [-0.1, -0.05) is 0 Å². The van der Waals surface area contributed by atoms with Crippen LogP contribution in [0.4, 0.5) is 14.5 Å². The second kappa shape index (κ2) is 10.3. The number of rotatable bonds is 10. The molecular formula is C22H21F2NO6. The van der Waals surface area contributed by atoms with Gasteiger partial charge in [0.2, 0.25) is 0 Å². The van der Waals surface area contributed by atoms with Crippen molar-refractivity contribution >= 4 is 11.6 Å². The maximum Gasteiger partial charge on any atom is 0.387 e. The Morgan fingerprint density at radius 3 is 2.35 bits per heavy atom. The molecule has 9 heteroatoms. The number of anilines is 1. The van der Waals surface area contributed by atoms with E-state index in [0.717, 1.165) is 5.75 Å². The number of alkyl halides is 2. The molecule has 164 valence electrons. The van der Waals surface area contributed by atoms with E-state index in [1.165, 1.54) is 31.4 Å². The molecular weight excluding hydrogens is 412 g/mol. The van der Waals surface area contributed by atoms with Crippen molar-refractivity contribution in [2.24, 2.45) is 0 Å². The third-order valence-corrected chi connectivity index (χ3v) is 4.04. The van der Waals surface area contributed by atoms with Crippen molar-refractivity contribution in [3.8, 4) is 23.0 Å². The summed E-state index contributed by atoms with van der Waals surface area (Å²) in [4.78, 5) is 12.4. The molecule has 0 aliphatic rings. The van der Waals surface area contributed by atoms with Crippen LogP contribution < -0.4 is 24.3 Å². The van der Waals surface area contributed by atoms with Crippen LogP contribution >= 0.6 is 0 Å². The van der Waals surface area contributed by atoms with Gasteiger partial charge >= 0.3 is 6.61 Å². The van der Waals surface area contributed by atoms with Crippen molar-refractivity contribution in [2.45, 2.75) is 20.1 Å². The third-order valence-electron chi connectivity index (χ3n) is 4.04. The average Bonchev–Trinajstić information content (AvgIpc) is 3.23. The molecule has 1 N–H and O–H groups in total. The van der Waals surface area contributed by atoms with E-state index in [1.807, 2.05) is 6.92 Å². The van der Waals surface area contributed by atoms with Crippen molar-refractivity contribution in [3.05, 3.63) is 66.1 Å². The molecule has 0 atom stereocenters. The zero-order chi connectivity index (χ0) is 22.2. The summed E-state index contributed by atoms with van der Waals surface area (Å²) in [6.07, 6.45) is 0. The maximum atomic E-state index is 12.4. The van der Waals surface area contributed by atoms with Crippen LogP contribution in [0.5, 0.6) is 23.0 Å². The second-order valence-corrected chi connectivity index (χ2v) is 6.16. The number of furan rings is 1. The van der Waals surface area contributed by atoms with Gasteiger partial charge in [-0.3, -0.25) is 4.79 Å². The number of carbonyl (C=O) groups excluding carboxylic acids is 1. The van der Waals surface area contributed by atoms with E-state index in [1.54, 1.807) is 30.3 Å². The SMILES string of the molecule is CCOc1ccc(OCc2ccc(C(=O)Nc3ccc(OC(F)F)c(OC)c3)o2)cc1. The number of amides is 1. The number of ether oxygens (including phenoxy) is 4. The van der Waals surface area contributed by atoms with Gasteiger partial charge in [0.15, 0.2) is 17.3 Å². The van der Waals surface area contributed by atoms with Crippen LogP contribution in [0.15, 0.2) is 59.0 Å². The first-order valence-corrected chi connectivity index (χ1v) is 9.37. The van der Waals surface area contributed by atoms with E-state index < -0.39 is 12.5 Å². The third kappa shape index (κ3) is 6.11. The van der Waals surface area contributed by atoms with Gasteiger partial charge in [0, 0.05) is 11.8 Å². The van der Waals surface area contributed by atoms with Crippen LogP contribution in [0.1, 0.15) is 23.2 Å². The van der Waals surface area contributed by atoms with Gasteiger partial charge in [-0.15, -0.1) is 0 Å². The summed E-state index contributed by atoms with van der Waals surface area (Å²) >= 11 is 0. The van der Waals surface area contributed by atoms with Crippen LogP contribution in [-0.2, 0) is 6.61 Å². The Morgan fingerprint density at radius 2 is 1.71 bits per heavy atom. The van der Waals surface area contributed by atoms with Gasteiger partial charge in [-0.25, -0.2) is 0 Å². The Balaban J connectivity index is 1.58. The molecule has 1 amide bonds. The lowest BCUT2D eigenvalue weighted by Gasteiger charge is -2.11. The number of halogens is 2. The van der Waals surface area contributed by atoms with E-state index in [9.17, 15) is 13.6 Å². The van der Waals surface area contributed by atoms with Gasteiger partial charge < -0.3 is 28.7 Å². The monoisotopic (exact) mass is 433 g/mol. The lowest BCUT2D eigenvalue weighted by molar-refractivity contribution is -0.0512. The molecule has 0 unspecified atom stereocenters. The van der Waals surface area contributed by atoms with Crippen molar-refractivity contribution in [1.29, 1.82) is 0 Å². The minimum atomic E-state index is -2.99. The minimum Gasteiger partial charge on any atom is -0.494 e. The lowest BCUT2D eigenvalue weighted by atomic mass is 10.2. The summed E-state index contributed by atoms with van der Waals surface area (Å²) in [5.41, 5.74) is 0.326. The molecule has 31 heavy (non-hydrogen) atoms. The molecule has 3 rings (SSSR count). The highest BCUT2D eigenvalue weighted by atomic mass is 19.3. The van der Waals surface area contributed by atoms with Crippen LogP contribution in [0, 0.1) is 0 Å². The molecule has 3 aromatic rings. The van der Waals surface area contributed by atoms with Crippen molar-refractivity contribution < 1.29 is 36.9 Å². The van der Waals surface area contributed by atoms with E-state index in [4.69, 9.17) is 18.6 Å². The van der Waals surface area contributed by atoms with Crippen molar-refractivity contribution in [2.75, 3.05) is 19.0 Å². The molecule has 0 radical (unpaired) electrons. The number of benzene rings is 2. The predicted molar refractivity (Wildman–Crippen MR) is 108 cm³/mol. The highest BCUT2D eigenvalue weighted by molar-refractivity contribution is 6.02. The van der Waals surface area contributed by atoms with E-state index in [-0.39, 0.29) is 23.9 Å². The largest absolute Gasteiger partial charge is 0.494 e. The molecule has 7 nitrogen and oxygen atoms in total. The zero-order valence-electron chi connectivity index (χ0n) is 16.9. The van der Waals surface area contributed by atoms with Crippen molar-refractivity contribution in [3.63, 3.8) is 0 Å². The van der Waals surface area contributed by atoms with Crippen LogP contribution in [0.3, 0.4) is 0 Å². The molecule has 0 aliphatic carbocycles. The molecule has 2 aromatic carbocycles. The Kier molecular flexibility index (Phi) is 7.31. The fraction of sp³-hybridized carbons (Fsp3) is 0.227. The first-order chi connectivity index (χ1) is 15.0.